The number of aromatic nitrogens is 2. The number of pyridine rings is 1. The highest BCUT2D eigenvalue weighted by molar-refractivity contribution is 5.96. The van der Waals surface area contributed by atoms with Crippen LogP contribution >= 0.6 is 0 Å². The van der Waals surface area contributed by atoms with Crippen LogP contribution in [0.3, 0.4) is 0 Å². The topological polar surface area (TPSA) is 86.5 Å². The Morgan fingerprint density at radius 1 is 1.17 bits per heavy atom. The number of aryl methyl sites for hydroxylation is 1. The van der Waals surface area contributed by atoms with Crippen LogP contribution in [0.1, 0.15) is 54.1 Å². The lowest BCUT2D eigenvalue weighted by Gasteiger charge is -2.09. The molecule has 2 aromatic heterocycles. The maximum Gasteiger partial charge on any atom is 0.257 e. The van der Waals surface area contributed by atoms with Crippen LogP contribution in [0, 0.1) is 6.92 Å². The van der Waals surface area contributed by atoms with E-state index >= 15 is 0 Å². The molecule has 1 N–H and O–H groups in total. The molecule has 1 amide bonds. The lowest BCUT2D eigenvalue weighted by atomic mass is 10.0. The number of hydrogen-bond donors (Lipinski definition) is 1. The maximum absolute atomic E-state index is 12.6. The largest absolute Gasteiger partial charge is 0.494 e. The molecule has 0 aliphatic heterocycles. The molecule has 0 fully saturated rings. The first-order valence-corrected chi connectivity index (χ1v) is 9.58. The number of carbonyl (C=O) groups is 1. The molecule has 0 unspecified atom stereocenters. The van der Waals surface area contributed by atoms with Crippen molar-refractivity contribution in [2.24, 2.45) is 0 Å². The normalized spacial score (nSPS) is 10.8. The number of amides is 1. The quantitative estimate of drug-likeness (QED) is 0.599. The van der Waals surface area contributed by atoms with E-state index in [0.29, 0.717) is 41.8 Å². The van der Waals surface area contributed by atoms with E-state index in [1.807, 2.05) is 51.1 Å². The number of nitrogens with one attached hydrogen (secondary N) is 1. The molecule has 0 saturated heterocycles. The van der Waals surface area contributed by atoms with Gasteiger partial charge < -0.3 is 19.3 Å². The third-order valence-electron chi connectivity index (χ3n) is 4.25. The van der Waals surface area contributed by atoms with E-state index in [4.69, 9.17) is 14.0 Å². The predicted molar refractivity (Wildman–Crippen MR) is 108 cm³/mol. The molecule has 152 valence electrons. The van der Waals surface area contributed by atoms with Crippen molar-refractivity contribution in [2.75, 3.05) is 6.61 Å². The van der Waals surface area contributed by atoms with Gasteiger partial charge >= 0.3 is 0 Å². The molecular formula is C22H25N3O4. The molecule has 3 rings (SSSR count). The fourth-order valence-corrected chi connectivity index (χ4v) is 2.84. The molecule has 0 bridgehead atoms. The number of ether oxygens (including phenoxy) is 2. The zero-order valence-corrected chi connectivity index (χ0v) is 17.1. The van der Waals surface area contributed by atoms with Crippen LogP contribution in [0.5, 0.6) is 17.4 Å². The Kier molecular flexibility index (Phi) is 6.49. The average Bonchev–Trinajstić information content (AvgIpc) is 3.10. The molecule has 2 heterocycles. The van der Waals surface area contributed by atoms with Crippen molar-refractivity contribution in [1.82, 2.24) is 15.5 Å². The van der Waals surface area contributed by atoms with Gasteiger partial charge in [0.25, 0.3) is 5.91 Å². The standard InChI is InChI=1S/C22H25N3O4/c1-5-27-17-6-8-18(9-7-17)28-19-12-16(10-11-23-19)13-24-22(26)20-15(4)25-29-21(20)14(2)3/h6-12,14H,5,13H2,1-4H3,(H,24,26). The van der Waals surface area contributed by atoms with E-state index in [1.54, 1.807) is 19.2 Å². The Labute approximate surface area is 170 Å². The first kappa shape index (κ1) is 20.4. The van der Waals surface area contributed by atoms with Gasteiger partial charge in [-0.15, -0.1) is 0 Å². The van der Waals surface area contributed by atoms with Crippen LogP contribution in [0.15, 0.2) is 47.1 Å². The number of nitrogens with zero attached hydrogens (tertiary/aromatic N) is 2. The minimum atomic E-state index is -0.210. The molecule has 7 nitrogen and oxygen atoms in total. The summed E-state index contributed by atoms with van der Waals surface area (Å²) >= 11 is 0. The predicted octanol–water partition coefficient (Wildman–Crippen LogP) is 4.62. The molecule has 3 aromatic rings. The summed E-state index contributed by atoms with van der Waals surface area (Å²) in [6, 6.07) is 11.0. The third-order valence-corrected chi connectivity index (χ3v) is 4.25. The Morgan fingerprint density at radius 2 is 1.90 bits per heavy atom. The highest BCUT2D eigenvalue weighted by atomic mass is 16.5. The van der Waals surface area contributed by atoms with Crippen molar-refractivity contribution in [3.63, 3.8) is 0 Å². The van der Waals surface area contributed by atoms with Gasteiger partial charge in [0, 0.05) is 24.7 Å². The Balaban J connectivity index is 1.64. The Hall–Kier alpha value is -3.35. The SMILES string of the molecule is CCOc1ccc(Oc2cc(CNC(=O)c3c(C)noc3C(C)C)ccn2)cc1. The van der Waals surface area contributed by atoms with Crippen LogP contribution in [0.4, 0.5) is 0 Å². The van der Waals surface area contributed by atoms with Crippen molar-refractivity contribution < 1.29 is 18.8 Å². The second-order valence-electron chi connectivity index (χ2n) is 6.85. The molecule has 7 heteroatoms. The van der Waals surface area contributed by atoms with Crippen molar-refractivity contribution in [1.29, 1.82) is 0 Å². The van der Waals surface area contributed by atoms with E-state index in [1.165, 1.54) is 0 Å². The fraction of sp³-hybridized carbons (Fsp3) is 0.318. The van der Waals surface area contributed by atoms with Gasteiger partial charge in [-0.2, -0.15) is 0 Å². The Morgan fingerprint density at radius 3 is 2.59 bits per heavy atom. The molecule has 0 aliphatic rings. The summed E-state index contributed by atoms with van der Waals surface area (Å²) in [5.41, 5.74) is 1.95. The van der Waals surface area contributed by atoms with Crippen molar-refractivity contribution >= 4 is 5.91 Å². The highest BCUT2D eigenvalue weighted by Gasteiger charge is 2.22. The summed E-state index contributed by atoms with van der Waals surface area (Å²) in [5, 5.41) is 6.83. The molecule has 0 aliphatic carbocycles. The van der Waals surface area contributed by atoms with Crippen LogP contribution in [-0.2, 0) is 6.54 Å². The van der Waals surface area contributed by atoms with Gasteiger partial charge in [-0.05, 0) is 49.7 Å². The number of carbonyl (C=O) groups excluding carboxylic acids is 1. The van der Waals surface area contributed by atoms with Gasteiger partial charge in [0.15, 0.2) is 5.76 Å². The van der Waals surface area contributed by atoms with Gasteiger partial charge in [-0.3, -0.25) is 4.79 Å². The number of hydrogen-bond acceptors (Lipinski definition) is 6. The number of rotatable bonds is 8. The van der Waals surface area contributed by atoms with Crippen molar-refractivity contribution in [3.8, 4) is 17.4 Å². The summed E-state index contributed by atoms with van der Waals surface area (Å²) in [5.74, 6) is 2.35. The molecule has 0 radical (unpaired) electrons. The first-order chi connectivity index (χ1) is 14.0. The van der Waals surface area contributed by atoms with Gasteiger partial charge in [0.2, 0.25) is 5.88 Å². The van der Waals surface area contributed by atoms with E-state index in [-0.39, 0.29) is 11.8 Å². The highest BCUT2D eigenvalue weighted by Crippen LogP contribution is 2.24. The average molecular weight is 395 g/mol. The third kappa shape index (κ3) is 5.13. The first-order valence-electron chi connectivity index (χ1n) is 9.58. The summed E-state index contributed by atoms with van der Waals surface area (Å²) < 4.78 is 16.5. The monoisotopic (exact) mass is 395 g/mol. The second-order valence-corrected chi connectivity index (χ2v) is 6.85. The van der Waals surface area contributed by atoms with Gasteiger partial charge in [0.05, 0.1) is 12.3 Å². The van der Waals surface area contributed by atoms with E-state index in [9.17, 15) is 4.79 Å². The molecule has 0 saturated carbocycles. The zero-order valence-electron chi connectivity index (χ0n) is 17.1. The van der Waals surface area contributed by atoms with Crippen LogP contribution in [0.25, 0.3) is 0 Å². The summed E-state index contributed by atoms with van der Waals surface area (Å²) in [4.78, 5) is 16.8. The van der Waals surface area contributed by atoms with Crippen molar-refractivity contribution in [3.05, 3.63) is 65.2 Å². The van der Waals surface area contributed by atoms with Crippen LogP contribution in [0.2, 0.25) is 0 Å². The van der Waals surface area contributed by atoms with E-state index < -0.39 is 0 Å². The molecular weight excluding hydrogens is 370 g/mol. The van der Waals surface area contributed by atoms with Gasteiger partial charge in [-0.25, -0.2) is 4.98 Å². The molecule has 29 heavy (non-hydrogen) atoms. The fourth-order valence-electron chi connectivity index (χ4n) is 2.84. The second kappa shape index (κ2) is 9.23. The Bertz CT molecular complexity index is 964. The lowest BCUT2D eigenvalue weighted by Crippen LogP contribution is -2.24. The van der Waals surface area contributed by atoms with Crippen molar-refractivity contribution in [2.45, 2.75) is 40.2 Å². The summed E-state index contributed by atoms with van der Waals surface area (Å²) in [6.45, 7) is 8.58. The van der Waals surface area contributed by atoms with E-state index in [0.717, 1.165) is 11.3 Å². The maximum atomic E-state index is 12.6. The van der Waals surface area contributed by atoms with E-state index in [2.05, 4.69) is 15.5 Å². The molecule has 0 atom stereocenters. The molecule has 0 spiro atoms. The summed E-state index contributed by atoms with van der Waals surface area (Å²) in [7, 11) is 0. The smallest absolute Gasteiger partial charge is 0.257 e. The summed E-state index contributed by atoms with van der Waals surface area (Å²) in [6.07, 6.45) is 1.65. The lowest BCUT2D eigenvalue weighted by molar-refractivity contribution is 0.0947. The molecule has 1 aromatic carbocycles. The van der Waals surface area contributed by atoms with Crippen LogP contribution < -0.4 is 14.8 Å². The minimum Gasteiger partial charge on any atom is -0.494 e. The zero-order chi connectivity index (χ0) is 20.8. The number of benzene rings is 1. The van der Waals surface area contributed by atoms with Crippen LogP contribution in [-0.4, -0.2) is 22.7 Å². The van der Waals surface area contributed by atoms with Gasteiger partial charge in [-0.1, -0.05) is 19.0 Å². The minimum absolute atomic E-state index is 0.0759. The van der Waals surface area contributed by atoms with Gasteiger partial charge in [0.1, 0.15) is 17.1 Å².